The average Bonchev–Trinajstić information content (AvgIpc) is 3.82. The minimum absolute atomic E-state index is 0.0138. The van der Waals surface area contributed by atoms with Gasteiger partial charge in [0.2, 0.25) is 10.2 Å². The second kappa shape index (κ2) is 16.6. The Morgan fingerprint density at radius 2 is 1.84 bits per heavy atom. The number of carbonyl (C=O) groups excluding carboxylic acids is 1. The first-order valence-electron chi connectivity index (χ1n) is 14.8. The maximum atomic E-state index is 12.6. The summed E-state index contributed by atoms with van der Waals surface area (Å²) in [5.74, 6) is -0.00770. The van der Waals surface area contributed by atoms with Crippen LogP contribution in [0, 0.1) is 0 Å². The summed E-state index contributed by atoms with van der Waals surface area (Å²) in [4.78, 5) is 28.5. The van der Waals surface area contributed by atoms with Crippen LogP contribution in [0.2, 0.25) is 0 Å². The quantitative estimate of drug-likeness (QED) is 0.111. The SMILES string of the molecule is NS(=O)(=O)c1nc2ccc(OCc3cn(CC(=O)N[C@H](CSCc4cccc(OCCn5cc(CCCF)nn5)c4)C(=O)O)nn3)cc2s1. The number of nitrogens with one attached hydrogen (secondary N) is 1. The summed E-state index contributed by atoms with van der Waals surface area (Å²) in [6.07, 6.45) is 4.22. The molecule has 4 N–H and O–H groups in total. The molecule has 20 heteroatoms. The molecular weight excluding hydrogens is 702 g/mol. The van der Waals surface area contributed by atoms with Crippen LogP contribution in [-0.4, -0.2) is 85.4 Å². The van der Waals surface area contributed by atoms with Gasteiger partial charge < -0.3 is 19.9 Å². The highest BCUT2D eigenvalue weighted by Crippen LogP contribution is 2.28. The maximum absolute atomic E-state index is 12.6. The molecule has 3 heterocycles. The summed E-state index contributed by atoms with van der Waals surface area (Å²) in [6, 6.07) is 11.2. The second-order valence-corrected chi connectivity index (χ2v) is 14.4. The van der Waals surface area contributed by atoms with Gasteiger partial charge in [0.25, 0.3) is 10.0 Å². The van der Waals surface area contributed by atoms with Crippen molar-refractivity contribution in [2.24, 2.45) is 5.14 Å². The molecule has 0 aliphatic carbocycles. The minimum atomic E-state index is -3.92. The van der Waals surface area contributed by atoms with Crippen molar-refractivity contribution in [1.29, 1.82) is 0 Å². The first-order chi connectivity index (χ1) is 23.6. The molecule has 260 valence electrons. The van der Waals surface area contributed by atoms with Crippen molar-refractivity contribution in [3.05, 3.63) is 71.8 Å². The summed E-state index contributed by atoms with van der Waals surface area (Å²) in [5, 5.41) is 33.3. The van der Waals surface area contributed by atoms with Crippen molar-refractivity contribution >= 4 is 55.2 Å². The lowest BCUT2D eigenvalue weighted by Gasteiger charge is -2.14. The second-order valence-electron chi connectivity index (χ2n) is 10.6. The number of primary sulfonamides is 1. The number of aromatic nitrogens is 7. The van der Waals surface area contributed by atoms with E-state index in [4.69, 9.17) is 14.6 Å². The number of alkyl halides is 1. The third kappa shape index (κ3) is 10.7. The Morgan fingerprint density at radius 3 is 2.63 bits per heavy atom. The van der Waals surface area contributed by atoms with E-state index in [0.29, 0.717) is 59.2 Å². The zero-order valence-electron chi connectivity index (χ0n) is 25.8. The number of ether oxygens (including phenoxy) is 2. The first-order valence-corrected chi connectivity index (χ1v) is 18.3. The van der Waals surface area contributed by atoms with Crippen LogP contribution in [0.25, 0.3) is 10.2 Å². The molecule has 3 aromatic heterocycles. The van der Waals surface area contributed by atoms with Crippen molar-refractivity contribution in [2.75, 3.05) is 19.0 Å². The summed E-state index contributed by atoms with van der Waals surface area (Å²) < 4.78 is 50.3. The third-order valence-corrected chi connectivity index (χ3v) is 10.1. The molecular formula is C29H32FN9O7S3. The van der Waals surface area contributed by atoms with E-state index in [1.165, 1.54) is 22.6 Å². The molecule has 5 rings (SSSR count). The van der Waals surface area contributed by atoms with Crippen molar-refractivity contribution < 1.29 is 37.0 Å². The maximum Gasteiger partial charge on any atom is 0.327 e. The van der Waals surface area contributed by atoms with Gasteiger partial charge in [-0.15, -0.1) is 21.5 Å². The standard InChI is InChI=1S/C29H32FN9O7S3/c30-8-2-4-20-13-38(36-34-20)9-10-45-22-5-1-3-19(11-22)17-47-18-25(28(41)42)32-27(40)15-39-14-21(35-37-39)16-46-23-6-7-24-26(12-23)48-29(33-24)49(31,43)44/h1,3,5-7,11-14,25H,2,4,8-10,15-18H2,(H,32,40)(H,41,42)(H2,31,43,44)/t25-/m1/s1. The van der Waals surface area contributed by atoms with Gasteiger partial charge in [-0.2, -0.15) is 11.8 Å². The molecule has 1 atom stereocenters. The van der Waals surface area contributed by atoms with Crippen LogP contribution in [-0.2, 0) is 51.5 Å². The molecule has 0 saturated carbocycles. The summed E-state index contributed by atoms with van der Waals surface area (Å²) in [5.41, 5.74) is 2.54. The predicted octanol–water partition coefficient (Wildman–Crippen LogP) is 2.19. The van der Waals surface area contributed by atoms with Crippen LogP contribution >= 0.6 is 23.1 Å². The van der Waals surface area contributed by atoms with Gasteiger partial charge in [-0.25, -0.2) is 32.7 Å². The number of hydrogen-bond acceptors (Lipinski definition) is 13. The van der Waals surface area contributed by atoms with Crippen LogP contribution in [0.1, 0.15) is 23.4 Å². The number of carbonyl (C=O) groups is 2. The molecule has 1 amide bonds. The molecule has 2 aromatic carbocycles. The molecule has 0 saturated heterocycles. The number of thiazole rings is 1. The predicted molar refractivity (Wildman–Crippen MR) is 177 cm³/mol. The van der Waals surface area contributed by atoms with Crippen molar-refractivity contribution in [3.8, 4) is 11.5 Å². The Hall–Kier alpha value is -4.66. The number of nitrogens with two attached hydrogens (primary N) is 1. The van der Waals surface area contributed by atoms with E-state index in [-0.39, 0.29) is 23.2 Å². The Labute approximate surface area is 287 Å². The lowest BCUT2D eigenvalue weighted by atomic mass is 10.2. The fourth-order valence-electron chi connectivity index (χ4n) is 4.38. The average molecular weight is 734 g/mol. The van der Waals surface area contributed by atoms with Gasteiger partial charge in [0.05, 0.1) is 35.3 Å². The van der Waals surface area contributed by atoms with E-state index >= 15 is 0 Å². The third-order valence-electron chi connectivity index (χ3n) is 6.69. The Morgan fingerprint density at radius 1 is 1.06 bits per heavy atom. The Balaban J connectivity index is 1.04. The molecule has 0 unspecified atom stereocenters. The van der Waals surface area contributed by atoms with Crippen molar-refractivity contribution in [3.63, 3.8) is 0 Å². The van der Waals surface area contributed by atoms with Crippen LogP contribution in [0.5, 0.6) is 11.5 Å². The molecule has 0 spiro atoms. The Kier molecular flexibility index (Phi) is 12.1. The number of amides is 1. The van der Waals surface area contributed by atoms with E-state index in [2.05, 4.69) is 30.9 Å². The summed E-state index contributed by atoms with van der Waals surface area (Å²) >= 11 is 2.28. The highest BCUT2D eigenvalue weighted by Gasteiger charge is 2.21. The molecule has 0 aliphatic rings. The Bertz CT molecular complexity index is 2000. The molecule has 0 radical (unpaired) electrons. The highest BCUT2D eigenvalue weighted by atomic mass is 32.2. The molecule has 49 heavy (non-hydrogen) atoms. The minimum Gasteiger partial charge on any atom is -0.492 e. The molecule has 16 nitrogen and oxygen atoms in total. The van der Waals surface area contributed by atoms with Crippen LogP contribution in [0.4, 0.5) is 4.39 Å². The van der Waals surface area contributed by atoms with Crippen molar-refractivity contribution in [1.82, 2.24) is 40.3 Å². The largest absolute Gasteiger partial charge is 0.492 e. The van der Waals surface area contributed by atoms with Crippen LogP contribution in [0.3, 0.4) is 0 Å². The van der Waals surface area contributed by atoms with E-state index in [9.17, 15) is 27.5 Å². The number of benzene rings is 2. The molecule has 5 aromatic rings. The van der Waals surface area contributed by atoms with Gasteiger partial charge in [0.1, 0.15) is 43.0 Å². The zero-order chi connectivity index (χ0) is 34.8. The first kappa shape index (κ1) is 35.6. The van der Waals surface area contributed by atoms with Gasteiger partial charge >= 0.3 is 5.97 Å². The zero-order valence-corrected chi connectivity index (χ0v) is 28.3. The van der Waals surface area contributed by atoms with Gasteiger partial charge in [-0.1, -0.05) is 22.6 Å². The monoisotopic (exact) mass is 733 g/mol. The lowest BCUT2D eigenvalue weighted by Crippen LogP contribution is -2.44. The summed E-state index contributed by atoms with van der Waals surface area (Å²) in [6.45, 7) is 0.194. The van der Waals surface area contributed by atoms with Gasteiger partial charge in [0.15, 0.2) is 0 Å². The number of rotatable bonds is 19. The fraction of sp³-hybridized carbons (Fsp3) is 0.345. The number of thioether (sulfide) groups is 1. The molecule has 0 aliphatic heterocycles. The number of hydrogen-bond donors (Lipinski definition) is 3. The lowest BCUT2D eigenvalue weighted by molar-refractivity contribution is -0.141. The van der Waals surface area contributed by atoms with Gasteiger partial charge in [0, 0.05) is 17.7 Å². The number of carboxylic acids is 1. The van der Waals surface area contributed by atoms with Gasteiger partial charge in [-0.3, -0.25) is 9.18 Å². The highest BCUT2D eigenvalue weighted by molar-refractivity contribution is 7.98. The normalized spacial score (nSPS) is 12.2. The van der Waals surface area contributed by atoms with Crippen LogP contribution in [0.15, 0.2) is 59.2 Å². The molecule has 0 bridgehead atoms. The smallest absolute Gasteiger partial charge is 0.327 e. The number of carboxylic acid groups (broad SMARTS) is 1. The fourth-order valence-corrected chi connectivity index (χ4v) is 7.06. The van der Waals surface area contributed by atoms with Gasteiger partial charge in [-0.05, 0) is 48.7 Å². The summed E-state index contributed by atoms with van der Waals surface area (Å²) in [7, 11) is -3.92. The number of nitrogens with zero attached hydrogens (tertiary/aromatic N) is 7. The topological polar surface area (TPSA) is 219 Å². The number of sulfonamides is 1. The van der Waals surface area contributed by atoms with E-state index in [1.54, 1.807) is 29.1 Å². The van der Waals surface area contributed by atoms with Crippen molar-refractivity contribution in [2.45, 2.75) is 48.7 Å². The van der Waals surface area contributed by atoms with E-state index < -0.39 is 34.6 Å². The molecule has 0 fully saturated rings. The number of halogens is 1. The van der Waals surface area contributed by atoms with Crippen LogP contribution < -0.4 is 19.9 Å². The van der Waals surface area contributed by atoms with E-state index in [0.717, 1.165) is 22.6 Å². The number of fused-ring (bicyclic) bond motifs is 1. The van der Waals surface area contributed by atoms with E-state index in [1.807, 2.05) is 24.3 Å². The number of aliphatic carboxylic acids is 1. The number of aryl methyl sites for hydroxylation is 1.